The number of alkyl carbamates (subject to hydrolysis) is 1. The fourth-order valence-corrected chi connectivity index (χ4v) is 4.84. The van der Waals surface area contributed by atoms with E-state index in [1.807, 2.05) is 6.07 Å². The van der Waals surface area contributed by atoms with Gasteiger partial charge in [-0.2, -0.15) is 0 Å². The molecule has 166 valence electrons. The zero-order valence-electron chi connectivity index (χ0n) is 17.4. The van der Waals surface area contributed by atoms with Crippen molar-refractivity contribution in [2.75, 3.05) is 25.6 Å². The normalized spacial score (nSPS) is 15.1. The molecule has 1 atom stereocenters. The summed E-state index contributed by atoms with van der Waals surface area (Å²) in [5.41, 5.74) is 2.66. The molecule has 1 aromatic carbocycles. The fourth-order valence-electron chi connectivity index (χ4n) is 3.53. The zero-order valence-corrected chi connectivity index (χ0v) is 18.2. The lowest BCUT2D eigenvalue weighted by atomic mass is 9.93. The molecule has 0 radical (unpaired) electrons. The minimum Gasteiger partial charge on any atom is -0.508 e. The first-order valence-electron chi connectivity index (χ1n) is 10.2. The third-order valence-corrected chi connectivity index (χ3v) is 6.24. The van der Waals surface area contributed by atoms with Crippen molar-refractivity contribution in [1.82, 2.24) is 5.32 Å². The predicted octanol–water partition coefficient (Wildman–Crippen LogP) is 3.25. The first-order valence-corrected chi connectivity index (χ1v) is 11.0. The van der Waals surface area contributed by atoms with Crippen molar-refractivity contribution in [2.45, 2.75) is 38.2 Å². The second-order valence-corrected chi connectivity index (χ2v) is 8.40. The van der Waals surface area contributed by atoms with E-state index in [1.54, 1.807) is 25.3 Å². The number of carbonyl (C=O) groups is 2. The van der Waals surface area contributed by atoms with E-state index in [4.69, 9.17) is 14.9 Å². The maximum Gasteiger partial charge on any atom is 0.407 e. The van der Waals surface area contributed by atoms with Gasteiger partial charge in [0.25, 0.3) is 0 Å². The molecule has 1 unspecified atom stereocenters. The quantitative estimate of drug-likeness (QED) is 0.349. The summed E-state index contributed by atoms with van der Waals surface area (Å²) in [7, 11) is 1.57. The Labute approximate surface area is 185 Å². The number of phenols is 1. The van der Waals surface area contributed by atoms with E-state index in [1.165, 1.54) is 17.6 Å². The molecule has 0 bridgehead atoms. The molecule has 9 heteroatoms. The highest BCUT2D eigenvalue weighted by atomic mass is 32.1. The van der Waals surface area contributed by atoms with Crippen molar-refractivity contribution < 1.29 is 24.2 Å². The molecule has 1 aliphatic carbocycles. The number of aryl methyl sites for hydroxylation is 1. The minimum absolute atomic E-state index is 0.143. The average Bonchev–Trinajstić information content (AvgIpc) is 3.08. The van der Waals surface area contributed by atoms with Crippen molar-refractivity contribution >= 4 is 34.6 Å². The molecule has 0 spiro atoms. The number of anilines is 1. The third kappa shape index (κ3) is 6.28. The van der Waals surface area contributed by atoms with Crippen molar-refractivity contribution in [1.29, 1.82) is 5.41 Å². The molecule has 0 aliphatic heterocycles. The van der Waals surface area contributed by atoms with Crippen molar-refractivity contribution in [3.63, 3.8) is 0 Å². The highest BCUT2D eigenvalue weighted by Gasteiger charge is 2.27. The van der Waals surface area contributed by atoms with Gasteiger partial charge in [-0.1, -0.05) is 12.1 Å². The standard InChI is InChI=1S/C22H27N3O5S/c1-29-10-9-24-22(28)30-16-6-7-17-18(13-23)21(31-19(17)12-16)25-20(27)8-5-14-3-2-4-15(26)11-14/h2-4,11,13,16,23,26H,5-10,12H2,1H3,(H,24,28)(H,25,27). The highest BCUT2D eigenvalue weighted by molar-refractivity contribution is 7.16. The molecule has 0 saturated carbocycles. The number of thiophene rings is 1. The maximum absolute atomic E-state index is 12.5. The van der Waals surface area contributed by atoms with Gasteiger partial charge < -0.3 is 30.6 Å². The number of hydrogen-bond acceptors (Lipinski definition) is 7. The van der Waals surface area contributed by atoms with E-state index in [0.717, 1.165) is 21.6 Å². The first-order chi connectivity index (χ1) is 15.0. The second kappa shape index (κ2) is 10.9. The zero-order chi connectivity index (χ0) is 22.2. The molecule has 0 fully saturated rings. The SMILES string of the molecule is COCCNC(=O)OC1CCc2c(sc(NC(=O)CCc3cccc(O)c3)c2C=N)C1. The van der Waals surface area contributed by atoms with E-state index in [2.05, 4.69) is 10.6 Å². The lowest BCUT2D eigenvalue weighted by Gasteiger charge is -2.22. The smallest absolute Gasteiger partial charge is 0.407 e. The number of phenolic OH excluding ortho intramolecular Hbond substituents is 1. The number of amides is 2. The molecule has 2 amide bonds. The predicted molar refractivity (Wildman–Crippen MR) is 119 cm³/mol. The Morgan fingerprint density at radius 1 is 1.39 bits per heavy atom. The summed E-state index contributed by atoms with van der Waals surface area (Å²) in [4.78, 5) is 25.4. The Hall–Kier alpha value is -2.91. The Kier molecular flexibility index (Phi) is 8.02. The summed E-state index contributed by atoms with van der Waals surface area (Å²) in [6, 6.07) is 6.85. The average molecular weight is 446 g/mol. The third-order valence-electron chi connectivity index (χ3n) is 5.06. The van der Waals surface area contributed by atoms with Crippen LogP contribution >= 0.6 is 11.3 Å². The molecule has 8 nitrogen and oxygen atoms in total. The van der Waals surface area contributed by atoms with Gasteiger partial charge in [0, 0.05) is 43.2 Å². The molecule has 1 aromatic heterocycles. The number of rotatable bonds is 9. The van der Waals surface area contributed by atoms with Gasteiger partial charge in [-0.25, -0.2) is 4.79 Å². The van der Waals surface area contributed by atoms with Gasteiger partial charge >= 0.3 is 6.09 Å². The van der Waals surface area contributed by atoms with Crippen LogP contribution in [0.5, 0.6) is 5.75 Å². The van der Waals surface area contributed by atoms with Gasteiger partial charge in [0.05, 0.1) is 6.61 Å². The topological polar surface area (TPSA) is 121 Å². The molecule has 2 aromatic rings. The summed E-state index contributed by atoms with van der Waals surface area (Å²) in [5, 5.41) is 23.6. The number of methoxy groups -OCH3 is 1. The van der Waals surface area contributed by atoms with Crippen molar-refractivity contribution in [3.05, 3.63) is 45.8 Å². The molecule has 3 rings (SSSR count). The number of carbonyl (C=O) groups excluding carboxylic acids is 2. The summed E-state index contributed by atoms with van der Waals surface area (Å²) in [6.45, 7) is 0.815. The summed E-state index contributed by atoms with van der Waals surface area (Å²) >= 11 is 1.44. The number of ether oxygens (including phenoxy) is 2. The van der Waals surface area contributed by atoms with Gasteiger partial charge in [-0.3, -0.25) is 4.79 Å². The molecular weight excluding hydrogens is 418 g/mol. The van der Waals surface area contributed by atoms with Crippen LogP contribution in [0.1, 0.15) is 34.4 Å². The van der Waals surface area contributed by atoms with Crippen LogP contribution in [0.4, 0.5) is 9.80 Å². The van der Waals surface area contributed by atoms with Gasteiger partial charge in [-0.15, -0.1) is 11.3 Å². The lowest BCUT2D eigenvalue weighted by Crippen LogP contribution is -2.33. The highest BCUT2D eigenvalue weighted by Crippen LogP contribution is 2.38. The van der Waals surface area contributed by atoms with Crippen molar-refractivity contribution in [3.8, 4) is 5.75 Å². The monoisotopic (exact) mass is 445 g/mol. The van der Waals surface area contributed by atoms with Crippen LogP contribution in [0.25, 0.3) is 0 Å². The van der Waals surface area contributed by atoms with E-state index >= 15 is 0 Å². The van der Waals surface area contributed by atoms with Crippen LogP contribution in [0.15, 0.2) is 24.3 Å². The molecule has 0 saturated heterocycles. The van der Waals surface area contributed by atoms with Crippen LogP contribution in [0.3, 0.4) is 0 Å². The lowest BCUT2D eigenvalue weighted by molar-refractivity contribution is -0.116. The number of hydrogen-bond donors (Lipinski definition) is 4. The summed E-state index contributed by atoms with van der Waals surface area (Å²) in [6.07, 6.45) is 3.29. The number of nitrogens with one attached hydrogen (secondary N) is 3. The van der Waals surface area contributed by atoms with E-state index < -0.39 is 6.09 Å². The van der Waals surface area contributed by atoms with Gasteiger partial charge in [0.15, 0.2) is 0 Å². The van der Waals surface area contributed by atoms with E-state index in [9.17, 15) is 14.7 Å². The number of aromatic hydroxyl groups is 1. The Morgan fingerprint density at radius 2 is 2.23 bits per heavy atom. The molecule has 1 aliphatic rings. The van der Waals surface area contributed by atoms with E-state index in [0.29, 0.717) is 43.8 Å². The minimum atomic E-state index is -0.463. The largest absolute Gasteiger partial charge is 0.508 e. The number of benzene rings is 1. The number of fused-ring (bicyclic) bond motifs is 1. The first kappa shape index (κ1) is 22.8. The van der Waals surface area contributed by atoms with Gasteiger partial charge in [0.1, 0.15) is 16.9 Å². The van der Waals surface area contributed by atoms with Gasteiger partial charge in [0.2, 0.25) is 5.91 Å². The Balaban J connectivity index is 1.58. The van der Waals surface area contributed by atoms with Crippen LogP contribution in [-0.2, 0) is 33.5 Å². The van der Waals surface area contributed by atoms with Gasteiger partial charge in [-0.05, 0) is 42.5 Å². The Bertz CT molecular complexity index is 943. The molecular formula is C22H27N3O5S. The van der Waals surface area contributed by atoms with Crippen LogP contribution < -0.4 is 10.6 Å². The van der Waals surface area contributed by atoms with Crippen LogP contribution in [0.2, 0.25) is 0 Å². The van der Waals surface area contributed by atoms with E-state index in [-0.39, 0.29) is 24.2 Å². The molecule has 31 heavy (non-hydrogen) atoms. The fraction of sp³-hybridized carbons (Fsp3) is 0.409. The van der Waals surface area contributed by atoms with Crippen molar-refractivity contribution in [2.24, 2.45) is 0 Å². The summed E-state index contributed by atoms with van der Waals surface area (Å²) < 4.78 is 10.4. The summed E-state index contributed by atoms with van der Waals surface area (Å²) in [5.74, 6) is 0.0365. The van der Waals surface area contributed by atoms with Crippen LogP contribution in [0, 0.1) is 5.41 Å². The molecule has 1 heterocycles. The van der Waals surface area contributed by atoms with Crippen LogP contribution in [-0.4, -0.2) is 49.7 Å². The molecule has 4 N–H and O–H groups in total. The maximum atomic E-state index is 12.5. The second-order valence-electron chi connectivity index (χ2n) is 7.30. The Morgan fingerprint density at radius 3 is 2.97 bits per heavy atom.